The fourth-order valence-corrected chi connectivity index (χ4v) is 4.13. The SMILES string of the molecule is COc1ccc(S(C)(=O)=O)cc1-c1ccc2c(NCCC3CC3)c(C#N)nnc2c1. The van der Waals surface area contributed by atoms with Crippen molar-refractivity contribution >= 4 is 26.4 Å². The van der Waals surface area contributed by atoms with Crippen molar-refractivity contribution in [3.63, 3.8) is 0 Å². The number of sulfone groups is 1. The van der Waals surface area contributed by atoms with E-state index in [1.54, 1.807) is 19.2 Å². The van der Waals surface area contributed by atoms with Crippen molar-refractivity contribution in [2.75, 3.05) is 25.2 Å². The molecule has 7 nitrogen and oxygen atoms in total. The zero-order valence-electron chi connectivity index (χ0n) is 16.8. The van der Waals surface area contributed by atoms with Crippen molar-refractivity contribution in [3.8, 4) is 22.9 Å². The first kappa shape index (κ1) is 20.1. The highest BCUT2D eigenvalue weighted by Crippen LogP contribution is 2.36. The third kappa shape index (κ3) is 4.07. The maximum Gasteiger partial charge on any atom is 0.186 e. The van der Waals surface area contributed by atoms with E-state index in [2.05, 4.69) is 21.6 Å². The van der Waals surface area contributed by atoms with E-state index in [1.807, 2.05) is 18.2 Å². The fourth-order valence-electron chi connectivity index (χ4n) is 3.48. The normalized spacial score (nSPS) is 13.8. The summed E-state index contributed by atoms with van der Waals surface area (Å²) in [5, 5.41) is 21.9. The van der Waals surface area contributed by atoms with Gasteiger partial charge in [0.15, 0.2) is 15.5 Å². The summed E-state index contributed by atoms with van der Waals surface area (Å²) < 4.78 is 29.4. The Morgan fingerprint density at radius 2 is 2.00 bits per heavy atom. The first-order valence-electron chi connectivity index (χ1n) is 9.73. The third-order valence-electron chi connectivity index (χ3n) is 5.33. The highest BCUT2D eigenvalue weighted by Gasteiger charge is 2.21. The summed E-state index contributed by atoms with van der Waals surface area (Å²) in [5.74, 6) is 1.34. The van der Waals surface area contributed by atoms with E-state index in [1.165, 1.54) is 25.2 Å². The predicted molar refractivity (Wildman–Crippen MR) is 115 cm³/mol. The molecule has 2 aromatic carbocycles. The van der Waals surface area contributed by atoms with Gasteiger partial charge in [-0.15, -0.1) is 10.2 Å². The summed E-state index contributed by atoms with van der Waals surface area (Å²) in [6.07, 6.45) is 4.80. The Hall–Kier alpha value is -3.18. The molecule has 0 spiro atoms. The molecule has 1 fully saturated rings. The lowest BCUT2D eigenvalue weighted by Gasteiger charge is -2.13. The van der Waals surface area contributed by atoms with Gasteiger partial charge in [0.05, 0.1) is 23.2 Å². The van der Waals surface area contributed by atoms with Crippen LogP contribution >= 0.6 is 0 Å². The Morgan fingerprint density at radius 1 is 1.20 bits per heavy atom. The average Bonchev–Trinajstić information content (AvgIpc) is 3.56. The zero-order chi connectivity index (χ0) is 21.3. The van der Waals surface area contributed by atoms with Gasteiger partial charge in [-0.05, 0) is 48.2 Å². The molecule has 0 saturated heterocycles. The summed E-state index contributed by atoms with van der Waals surface area (Å²) >= 11 is 0. The molecule has 1 N–H and O–H groups in total. The van der Waals surface area contributed by atoms with Crippen LogP contribution in [0.15, 0.2) is 41.3 Å². The molecule has 0 amide bonds. The Morgan fingerprint density at radius 3 is 2.67 bits per heavy atom. The number of nitrogens with zero attached hydrogens (tertiary/aromatic N) is 3. The minimum Gasteiger partial charge on any atom is -0.496 e. The van der Waals surface area contributed by atoms with E-state index < -0.39 is 9.84 Å². The number of anilines is 1. The molecule has 4 rings (SSSR count). The first-order chi connectivity index (χ1) is 14.4. The molecular formula is C22H22N4O3S. The number of nitriles is 1. The van der Waals surface area contributed by atoms with Crippen LogP contribution in [0.2, 0.25) is 0 Å². The van der Waals surface area contributed by atoms with Gasteiger partial charge in [-0.3, -0.25) is 0 Å². The van der Waals surface area contributed by atoms with Gasteiger partial charge in [-0.1, -0.05) is 18.9 Å². The lowest BCUT2D eigenvalue weighted by molar-refractivity contribution is 0.416. The molecule has 1 saturated carbocycles. The van der Waals surface area contributed by atoms with Gasteiger partial charge in [0, 0.05) is 23.8 Å². The number of hydrogen-bond acceptors (Lipinski definition) is 7. The minimum atomic E-state index is -3.36. The number of nitrogens with one attached hydrogen (secondary N) is 1. The summed E-state index contributed by atoms with van der Waals surface area (Å²) in [6.45, 7) is 0.784. The molecule has 0 unspecified atom stereocenters. The number of hydrogen-bond donors (Lipinski definition) is 1. The molecule has 8 heteroatoms. The van der Waals surface area contributed by atoms with Crippen LogP contribution < -0.4 is 10.1 Å². The standard InChI is InChI=1S/C22H22N4O3S/c1-29-21-8-6-16(30(2,27)28)12-18(21)15-5-7-17-19(11-15)25-26-20(13-23)22(17)24-10-9-14-3-4-14/h5-8,11-12,14H,3-4,9-10H2,1-2H3,(H,24,25). The Bertz CT molecular complexity index is 1260. The second-order valence-corrected chi connectivity index (χ2v) is 9.58. The van der Waals surface area contributed by atoms with Gasteiger partial charge >= 0.3 is 0 Å². The molecule has 1 aromatic heterocycles. The molecule has 0 bridgehead atoms. The summed E-state index contributed by atoms with van der Waals surface area (Å²) in [6, 6.07) is 12.5. The maximum absolute atomic E-state index is 12.0. The van der Waals surface area contributed by atoms with Gasteiger partial charge in [0.2, 0.25) is 0 Å². The highest BCUT2D eigenvalue weighted by molar-refractivity contribution is 7.90. The number of ether oxygens (including phenoxy) is 1. The van der Waals surface area contributed by atoms with Gasteiger partial charge in [0.25, 0.3) is 0 Å². The molecule has 1 heterocycles. The van der Waals surface area contributed by atoms with Crippen LogP contribution in [0.25, 0.3) is 22.0 Å². The van der Waals surface area contributed by atoms with Gasteiger partial charge in [-0.25, -0.2) is 8.42 Å². The van der Waals surface area contributed by atoms with E-state index in [9.17, 15) is 13.7 Å². The molecule has 3 aromatic rings. The Labute approximate surface area is 175 Å². The average molecular weight is 423 g/mol. The lowest BCUT2D eigenvalue weighted by Crippen LogP contribution is -2.07. The fraction of sp³-hybridized carbons (Fsp3) is 0.318. The maximum atomic E-state index is 12.0. The molecule has 154 valence electrons. The molecule has 0 radical (unpaired) electrons. The smallest absolute Gasteiger partial charge is 0.186 e. The van der Waals surface area contributed by atoms with E-state index in [0.717, 1.165) is 29.8 Å². The number of rotatable bonds is 7. The van der Waals surface area contributed by atoms with E-state index in [-0.39, 0.29) is 10.6 Å². The quantitative estimate of drug-likeness (QED) is 0.617. The summed E-state index contributed by atoms with van der Waals surface area (Å²) in [4.78, 5) is 0.215. The minimum absolute atomic E-state index is 0.215. The van der Waals surface area contributed by atoms with Crippen molar-refractivity contribution in [3.05, 3.63) is 42.1 Å². The van der Waals surface area contributed by atoms with E-state index >= 15 is 0 Å². The zero-order valence-corrected chi connectivity index (χ0v) is 17.7. The van der Waals surface area contributed by atoms with Crippen LogP contribution in [0.5, 0.6) is 5.75 Å². The number of fused-ring (bicyclic) bond motifs is 1. The predicted octanol–water partition coefficient (Wildman–Crippen LogP) is 3.79. The topological polar surface area (TPSA) is 105 Å². The second kappa shape index (κ2) is 7.92. The molecule has 30 heavy (non-hydrogen) atoms. The van der Waals surface area contributed by atoms with Crippen molar-refractivity contribution < 1.29 is 13.2 Å². The molecule has 1 aliphatic carbocycles. The highest BCUT2D eigenvalue weighted by atomic mass is 32.2. The largest absolute Gasteiger partial charge is 0.496 e. The molecular weight excluding hydrogens is 400 g/mol. The lowest BCUT2D eigenvalue weighted by atomic mass is 10.0. The van der Waals surface area contributed by atoms with Crippen LogP contribution in [0.3, 0.4) is 0 Å². The van der Waals surface area contributed by atoms with Crippen molar-refractivity contribution in [1.82, 2.24) is 10.2 Å². The van der Waals surface area contributed by atoms with E-state index in [4.69, 9.17) is 4.74 Å². The number of methoxy groups -OCH3 is 1. The van der Waals surface area contributed by atoms with Crippen LogP contribution in [0.1, 0.15) is 25.0 Å². The number of aromatic nitrogens is 2. The van der Waals surface area contributed by atoms with Gasteiger partial charge < -0.3 is 10.1 Å². The van der Waals surface area contributed by atoms with Crippen LogP contribution in [0, 0.1) is 17.2 Å². The van der Waals surface area contributed by atoms with Gasteiger partial charge in [0.1, 0.15) is 11.8 Å². The van der Waals surface area contributed by atoms with Crippen molar-refractivity contribution in [1.29, 1.82) is 5.26 Å². The monoisotopic (exact) mass is 422 g/mol. The van der Waals surface area contributed by atoms with E-state index in [0.29, 0.717) is 22.5 Å². The first-order valence-corrected chi connectivity index (χ1v) is 11.6. The van der Waals surface area contributed by atoms with Crippen molar-refractivity contribution in [2.24, 2.45) is 5.92 Å². The summed E-state index contributed by atoms with van der Waals surface area (Å²) in [5.41, 5.74) is 2.98. The van der Waals surface area contributed by atoms with Crippen LogP contribution in [-0.2, 0) is 9.84 Å². The summed E-state index contributed by atoms with van der Waals surface area (Å²) in [7, 11) is -1.82. The van der Waals surface area contributed by atoms with Crippen molar-refractivity contribution in [2.45, 2.75) is 24.2 Å². The third-order valence-corrected chi connectivity index (χ3v) is 6.44. The second-order valence-electron chi connectivity index (χ2n) is 7.56. The molecule has 0 atom stereocenters. The Balaban J connectivity index is 1.78. The molecule has 0 aliphatic heterocycles. The Kier molecular flexibility index (Phi) is 5.31. The van der Waals surface area contributed by atoms with Crippen LogP contribution in [-0.4, -0.2) is 38.5 Å². The van der Waals surface area contributed by atoms with Gasteiger partial charge in [-0.2, -0.15) is 5.26 Å². The molecule has 1 aliphatic rings. The van der Waals surface area contributed by atoms with Crippen LogP contribution in [0.4, 0.5) is 5.69 Å². The number of benzene rings is 2.